The molecule has 0 aliphatic heterocycles. The van der Waals surface area contributed by atoms with Crippen molar-refractivity contribution in [2.45, 2.75) is 53.6 Å². The molecular formula is C13H26O. The second-order valence-corrected chi connectivity index (χ2v) is 4.59. The van der Waals surface area contributed by atoms with E-state index in [9.17, 15) is 5.11 Å². The summed E-state index contributed by atoms with van der Waals surface area (Å²) in [6.45, 7) is 10.7. The van der Waals surface area contributed by atoms with Crippen molar-refractivity contribution in [3.8, 4) is 0 Å². The summed E-state index contributed by atoms with van der Waals surface area (Å²) in [5, 5.41) is 10.1. The van der Waals surface area contributed by atoms with E-state index in [1.165, 1.54) is 0 Å². The van der Waals surface area contributed by atoms with Crippen molar-refractivity contribution in [2.24, 2.45) is 17.8 Å². The molecule has 0 saturated heterocycles. The molecule has 0 aromatic carbocycles. The lowest BCUT2D eigenvalue weighted by Gasteiger charge is -2.29. The zero-order chi connectivity index (χ0) is 11.1. The van der Waals surface area contributed by atoms with Gasteiger partial charge in [-0.05, 0) is 31.1 Å². The molecule has 0 aliphatic rings. The summed E-state index contributed by atoms with van der Waals surface area (Å²) in [6.07, 6.45) is 6.09. The average Bonchev–Trinajstić information content (AvgIpc) is 2.14. The Labute approximate surface area is 89.2 Å². The van der Waals surface area contributed by atoms with E-state index < -0.39 is 0 Å². The Bertz CT molecular complexity index is 161. The van der Waals surface area contributed by atoms with Gasteiger partial charge >= 0.3 is 0 Å². The third-order valence-corrected chi connectivity index (χ3v) is 3.09. The van der Waals surface area contributed by atoms with Crippen LogP contribution < -0.4 is 0 Å². The fourth-order valence-electron chi connectivity index (χ4n) is 2.02. The smallest absolute Gasteiger partial charge is 0.0599 e. The molecule has 0 aromatic heterocycles. The Morgan fingerprint density at radius 2 is 1.79 bits per heavy atom. The van der Waals surface area contributed by atoms with Gasteiger partial charge in [-0.3, -0.25) is 0 Å². The maximum absolute atomic E-state index is 10.1. The van der Waals surface area contributed by atoms with Crippen molar-refractivity contribution in [2.75, 3.05) is 0 Å². The Morgan fingerprint density at radius 1 is 1.21 bits per heavy atom. The zero-order valence-corrected chi connectivity index (χ0v) is 10.3. The number of allylic oxidation sites excluding steroid dienone is 2. The highest BCUT2D eigenvalue weighted by molar-refractivity contribution is 4.84. The van der Waals surface area contributed by atoms with Crippen LogP contribution in [-0.4, -0.2) is 11.2 Å². The molecule has 0 amide bonds. The maximum atomic E-state index is 10.1. The number of rotatable bonds is 6. The monoisotopic (exact) mass is 198 g/mol. The molecule has 0 unspecified atom stereocenters. The van der Waals surface area contributed by atoms with E-state index in [4.69, 9.17) is 0 Å². The molecule has 0 saturated carbocycles. The van der Waals surface area contributed by atoms with Crippen LogP contribution in [0.25, 0.3) is 0 Å². The summed E-state index contributed by atoms with van der Waals surface area (Å²) >= 11 is 0. The van der Waals surface area contributed by atoms with Crippen LogP contribution in [0.5, 0.6) is 0 Å². The highest BCUT2D eigenvalue weighted by Gasteiger charge is 2.24. The minimum atomic E-state index is -0.156. The molecule has 1 N–H and O–H groups in total. The molecule has 3 atom stereocenters. The van der Waals surface area contributed by atoms with Crippen LogP contribution >= 0.6 is 0 Å². The van der Waals surface area contributed by atoms with Crippen molar-refractivity contribution >= 4 is 0 Å². The van der Waals surface area contributed by atoms with E-state index in [0.29, 0.717) is 17.8 Å². The molecule has 0 radical (unpaired) electrons. The normalized spacial score (nSPS) is 18.8. The van der Waals surface area contributed by atoms with Gasteiger partial charge in [-0.2, -0.15) is 0 Å². The molecule has 0 heterocycles. The van der Waals surface area contributed by atoms with Gasteiger partial charge in [0.15, 0.2) is 0 Å². The van der Waals surface area contributed by atoms with Crippen molar-refractivity contribution in [3.63, 3.8) is 0 Å². The summed E-state index contributed by atoms with van der Waals surface area (Å²) in [7, 11) is 0. The molecule has 1 nitrogen and oxygen atoms in total. The first-order valence-electron chi connectivity index (χ1n) is 5.83. The number of hydrogen-bond acceptors (Lipinski definition) is 1. The minimum absolute atomic E-state index is 0.156. The van der Waals surface area contributed by atoms with Gasteiger partial charge in [0.2, 0.25) is 0 Å². The van der Waals surface area contributed by atoms with E-state index in [1.807, 2.05) is 6.92 Å². The highest BCUT2D eigenvalue weighted by Crippen LogP contribution is 2.25. The summed E-state index contributed by atoms with van der Waals surface area (Å²) in [6, 6.07) is 0. The topological polar surface area (TPSA) is 20.2 Å². The summed E-state index contributed by atoms with van der Waals surface area (Å²) in [5.41, 5.74) is 0. The Morgan fingerprint density at radius 3 is 2.14 bits per heavy atom. The van der Waals surface area contributed by atoms with Gasteiger partial charge in [-0.1, -0.05) is 46.3 Å². The van der Waals surface area contributed by atoms with Gasteiger partial charge in [-0.15, -0.1) is 0 Å². The fourth-order valence-corrected chi connectivity index (χ4v) is 2.02. The SMILES string of the molecule is C/C=C/C[C@@H](C)[C@@H](O)[C@@H](CC)C(C)C. The lowest BCUT2D eigenvalue weighted by Crippen LogP contribution is -2.30. The van der Waals surface area contributed by atoms with Crippen molar-refractivity contribution in [1.82, 2.24) is 0 Å². The predicted octanol–water partition coefficient (Wildman–Crippen LogP) is 3.63. The second-order valence-electron chi connectivity index (χ2n) is 4.59. The maximum Gasteiger partial charge on any atom is 0.0599 e. The number of aliphatic hydroxyl groups is 1. The molecule has 0 aliphatic carbocycles. The second kappa shape index (κ2) is 7.05. The van der Waals surface area contributed by atoms with Gasteiger partial charge in [0, 0.05) is 0 Å². The van der Waals surface area contributed by atoms with Crippen molar-refractivity contribution in [3.05, 3.63) is 12.2 Å². The minimum Gasteiger partial charge on any atom is -0.393 e. The van der Waals surface area contributed by atoms with E-state index in [2.05, 4.69) is 39.8 Å². The lowest BCUT2D eigenvalue weighted by atomic mass is 9.81. The van der Waals surface area contributed by atoms with Crippen LogP contribution in [-0.2, 0) is 0 Å². The van der Waals surface area contributed by atoms with Crippen molar-refractivity contribution < 1.29 is 5.11 Å². The lowest BCUT2D eigenvalue weighted by molar-refractivity contribution is 0.0351. The van der Waals surface area contributed by atoms with Crippen LogP contribution in [0.15, 0.2) is 12.2 Å². The molecule has 0 spiro atoms. The van der Waals surface area contributed by atoms with Crippen LogP contribution in [0.4, 0.5) is 0 Å². The summed E-state index contributed by atoms with van der Waals surface area (Å²) in [4.78, 5) is 0. The summed E-state index contributed by atoms with van der Waals surface area (Å²) in [5.74, 6) is 1.39. The predicted molar refractivity (Wildman–Crippen MR) is 63.2 cm³/mol. The number of aliphatic hydroxyl groups excluding tert-OH is 1. The molecule has 0 aromatic rings. The van der Waals surface area contributed by atoms with Crippen LogP contribution in [0, 0.1) is 17.8 Å². The Balaban J connectivity index is 4.18. The molecule has 14 heavy (non-hydrogen) atoms. The first kappa shape index (κ1) is 13.7. The fraction of sp³-hybridized carbons (Fsp3) is 0.846. The molecule has 0 bridgehead atoms. The molecule has 0 rings (SSSR count). The van der Waals surface area contributed by atoms with E-state index in [0.717, 1.165) is 12.8 Å². The van der Waals surface area contributed by atoms with Crippen LogP contribution in [0.3, 0.4) is 0 Å². The van der Waals surface area contributed by atoms with Gasteiger partial charge in [0.05, 0.1) is 6.10 Å². The third kappa shape index (κ3) is 4.28. The van der Waals surface area contributed by atoms with E-state index >= 15 is 0 Å². The Kier molecular flexibility index (Phi) is 6.90. The third-order valence-electron chi connectivity index (χ3n) is 3.09. The first-order chi connectivity index (χ1) is 6.54. The van der Waals surface area contributed by atoms with Gasteiger partial charge in [-0.25, -0.2) is 0 Å². The molecule has 0 fully saturated rings. The highest BCUT2D eigenvalue weighted by atomic mass is 16.3. The van der Waals surface area contributed by atoms with E-state index in [-0.39, 0.29) is 6.10 Å². The van der Waals surface area contributed by atoms with Gasteiger partial charge in [0.25, 0.3) is 0 Å². The standard InChI is InChI=1S/C13H26O/c1-6-8-9-11(5)13(14)12(7-2)10(3)4/h6,8,10-14H,7,9H2,1-5H3/b8-6+/t11-,12+,13-/m1/s1. The summed E-state index contributed by atoms with van der Waals surface area (Å²) < 4.78 is 0. The Hall–Kier alpha value is -0.300. The number of hydrogen-bond donors (Lipinski definition) is 1. The van der Waals surface area contributed by atoms with Crippen LogP contribution in [0.1, 0.15) is 47.5 Å². The quantitative estimate of drug-likeness (QED) is 0.646. The van der Waals surface area contributed by atoms with Crippen LogP contribution in [0.2, 0.25) is 0 Å². The first-order valence-corrected chi connectivity index (χ1v) is 5.83. The molecule has 1 heteroatoms. The molecular weight excluding hydrogens is 172 g/mol. The molecule has 84 valence electrons. The largest absolute Gasteiger partial charge is 0.393 e. The van der Waals surface area contributed by atoms with Gasteiger partial charge in [0.1, 0.15) is 0 Å². The average molecular weight is 198 g/mol. The van der Waals surface area contributed by atoms with E-state index in [1.54, 1.807) is 0 Å². The zero-order valence-electron chi connectivity index (χ0n) is 10.3. The van der Waals surface area contributed by atoms with Gasteiger partial charge < -0.3 is 5.11 Å². The van der Waals surface area contributed by atoms with Crippen molar-refractivity contribution in [1.29, 1.82) is 0 Å².